The molecule has 0 bridgehead atoms. The third kappa shape index (κ3) is 3.35. The zero-order valence-electron chi connectivity index (χ0n) is 13.4. The fraction of sp³-hybridized carbons (Fsp3) is 0.750. The zero-order chi connectivity index (χ0) is 14.8. The Morgan fingerprint density at radius 1 is 1.19 bits per heavy atom. The van der Waals surface area contributed by atoms with Gasteiger partial charge in [-0.3, -0.25) is 0 Å². The van der Waals surface area contributed by atoms with E-state index in [0.717, 1.165) is 36.8 Å². The predicted molar refractivity (Wildman–Crippen MR) is 83.7 cm³/mol. The first kappa shape index (κ1) is 14.7. The van der Waals surface area contributed by atoms with Gasteiger partial charge in [0.15, 0.2) is 0 Å². The Labute approximate surface area is 127 Å². The standard InChI is InChI=1S/C16H26N4O/c1-12-8-13(2)18-16(17-12)20-11-15(21-3)9-14(20)10-19-6-4-5-7-19/h8,14-15H,4-7,9-11H2,1-3H3/t14-,15-/m0/s1. The van der Waals surface area contributed by atoms with Gasteiger partial charge in [-0.2, -0.15) is 0 Å². The lowest BCUT2D eigenvalue weighted by Gasteiger charge is -2.28. The highest BCUT2D eigenvalue weighted by Gasteiger charge is 2.35. The van der Waals surface area contributed by atoms with Gasteiger partial charge in [0, 0.05) is 37.6 Å². The molecule has 0 spiro atoms. The number of hydrogen-bond acceptors (Lipinski definition) is 5. The maximum absolute atomic E-state index is 5.60. The second kappa shape index (κ2) is 6.28. The number of ether oxygens (including phenoxy) is 1. The summed E-state index contributed by atoms with van der Waals surface area (Å²) in [6.07, 6.45) is 4.03. The van der Waals surface area contributed by atoms with Gasteiger partial charge in [0.25, 0.3) is 0 Å². The van der Waals surface area contributed by atoms with Crippen LogP contribution in [0.2, 0.25) is 0 Å². The van der Waals surface area contributed by atoms with Crippen molar-refractivity contribution in [3.63, 3.8) is 0 Å². The van der Waals surface area contributed by atoms with Crippen LogP contribution in [0, 0.1) is 13.8 Å². The quantitative estimate of drug-likeness (QED) is 0.845. The summed E-state index contributed by atoms with van der Waals surface area (Å²) in [4.78, 5) is 14.2. The van der Waals surface area contributed by atoms with E-state index in [9.17, 15) is 0 Å². The summed E-state index contributed by atoms with van der Waals surface area (Å²) in [7, 11) is 1.81. The average Bonchev–Trinajstić information content (AvgIpc) is 3.07. The highest BCUT2D eigenvalue weighted by atomic mass is 16.5. The predicted octanol–water partition coefficient (Wildman–Crippen LogP) is 1.78. The molecule has 5 heteroatoms. The van der Waals surface area contributed by atoms with Crippen LogP contribution in [0.1, 0.15) is 30.7 Å². The number of methoxy groups -OCH3 is 1. The van der Waals surface area contributed by atoms with E-state index in [-0.39, 0.29) is 0 Å². The van der Waals surface area contributed by atoms with Crippen molar-refractivity contribution in [2.24, 2.45) is 0 Å². The van der Waals surface area contributed by atoms with Crippen LogP contribution >= 0.6 is 0 Å². The Bertz CT molecular complexity index is 467. The maximum atomic E-state index is 5.60. The lowest BCUT2D eigenvalue weighted by atomic mass is 10.2. The summed E-state index contributed by atoms with van der Waals surface area (Å²) >= 11 is 0. The van der Waals surface area contributed by atoms with Crippen LogP contribution in [0.3, 0.4) is 0 Å². The van der Waals surface area contributed by atoms with Crippen molar-refractivity contribution in [1.29, 1.82) is 0 Å². The van der Waals surface area contributed by atoms with Crippen molar-refractivity contribution in [3.8, 4) is 0 Å². The number of aromatic nitrogens is 2. The molecule has 116 valence electrons. The summed E-state index contributed by atoms with van der Waals surface area (Å²) in [5.41, 5.74) is 2.08. The van der Waals surface area contributed by atoms with E-state index in [0.29, 0.717) is 12.1 Å². The first-order valence-corrected chi connectivity index (χ1v) is 8.00. The van der Waals surface area contributed by atoms with Crippen LogP contribution in [0.5, 0.6) is 0 Å². The van der Waals surface area contributed by atoms with Crippen molar-refractivity contribution < 1.29 is 4.74 Å². The highest BCUT2D eigenvalue weighted by molar-refractivity contribution is 5.36. The van der Waals surface area contributed by atoms with Gasteiger partial charge in [-0.25, -0.2) is 9.97 Å². The van der Waals surface area contributed by atoms with E-state index in [2.05, 4.69) is 19.8 Å². The lowest BCUT2D eigenvalue weighted by Crippen LogP contribution is -2.40. The van der Waals surface area contributed by atoms with E-state index in [1.54, 1.807) is 0 Å². The molecule has 0 aromatic carbocycles. The fourth-order valence-electron chi connectivity index (χ4n) is 3.56. The summed E-state index contributed by atoms with van der Waals surface area (Å²) in [5, 5.41) is 0. The van der Waals surface area contributed by atoms with Gasteiger partial charge >= 0.3 is 0 Å². The summed E-state index contributed by atoms with van der Waals surface area (Å²) in [6.45, 7) is 8.55. The third-order valence-electron chi connectivity index (χ3n) is 4.60. The smallest absolute Gasteiger partial charge is 0.226 e. The normalized spacial score (nSPS) is 26.7. The van der Waals surface area contributed by atoms with Crippen LogP contribution in [-0.2, 0) is 4.74 Å². The molecule has 2 aliphatic heterocycles. The number of likely N-dealkylation sites (tertiary alicyclic amines) is 1. The van der Waals surface area contributed by atoms with Crippen LogP contribution in [0.4, 0.5) is 5.95 Å². The minimum atomic E-state index is 0.294. The molecule has 1 aromatic heterocycles. The van der Waals surface area contributed by atoms with E-state index >= 15 is 0 Å². The molecule has 2 fully saturated rings. The summed E-state index contributed by atoms with van der Waals surface area (Å²) in [5.74, 6) is 0.872. The number of rotatable bonds is 4. The third-order valence-corrected chi connectivity index (χ3v) is 4.60. The van der Waals surface area contributed by atoms with Crippen molar-refractivity contribution in [2.75, 3.05) is 38.2 Å². The van der Waals surface area contributed by atoms with E-state index in [4.69, 9.17) is 4.74 Å². The molecule has 0 amide bonds. The molecular weight excluding hydrogens is 264 g/mol. The van der Waals surface area contributed by atoms with Crippen molar-refractivity contribution >= 4 is 5.95 Å². The van der Waals surface area contributed by atoms with E-state index in [1.807, 2.05) is 27.0 Å². The van der Waals surface area contributed by atoms with Crippen molar-refractivity contribution in [2.45, 2.75) is 45.3 Å². The maximum Gasteiger partial charge on any atom is 0.226 e. The van der Waals surface area contributed by atoms with E-state index in [1.165, 1.54) is 25.9 Å². The molecule has 1 aromatic rings. The Morgan fingerprint density at radius 3 is 2.48 bits per heavy atom. The highest BCUT2D eigenvalue weighted by Crippen LogP contribution is 2.26. The monoisotopic (exact) mass is 290 g/mol. The molecular formula is C16H26N4O. The molecule has 0 N–H and O–H groups in total. The second-order valence-electron chi connectivity index (χ2n) is 6.36. The number of anilines is 1. The van der Waals surface area contributed by atoms with Gasteiger partial charge in [-0.15, -0.1) is 0 Å². The molecule has 5 nitrogen and oxygen atoms in total. The molecule has 0 radical (unpaired) electrons. The summed E-state index contributed by atoms with van der Waals surface area (Å²) in [6, 6.07) is 2.50. The Morgan fingerprint density at radius 2 is 1.86 bits per heavy atom. The largest absolute Gasteiger partial charge is 0.380 e. The molecule has 2 atom stereocenters. The minimum Gasteiger partial charge on any atom is -0.380 e. The first-order valence-electron chi connectivity index (χ1n) is 8.00. The summed E-state index contributed by atoms with van der Waals surface area (Å²) < 4.78 is 5.60. The van der Waals surface area contributed by atoms with Crippen molar-refractivity contribution in [1.82, 2.24) is 14.9 Å². The Balaban J connectivity index is 1.78. The van der Waals surface area contributed by atoms with Gasteiger partial charge in [-0.1, -0.05) is 0 Å². The van der Waals surface area contributed by atoms with Gasteiger partial charge < -0.3 is 14.5 Å². The van der Waals surface area contributed by atoms with Crippen molar-refractivity contribution in [3.05, 3.63) is 17.5 Å². The molecule has 3 rings (SSSR count). The van der Waals surface area contributed by atoms with Gasteiger partial charge in [0.2, 0.25) is 5.95 Å². The van der Waals surface area contributed by atoms with Crippen LogP contribution in [-0.4, -0.2) is 60.3 Å². The molecule has 3 heterocycles. The molecule has 21 heavy (non-hydrogen) atoms. The number of hydrogen-bond donors (Lipinski definition) is 0. The van der Waals surface area contributed by atoms with Crippen LogP contribution in [0.15, 0.2) is 6.07 Å². The minimum absolute atomic E-state index is 0.294. The first-order chi connectivity index (χ1) is 10.2. The zero-order valence-corrected chi connectivity index (χ0v) is 13.4. The number of aryl methyl sites for hydroxylation is 2. The average molecular weight is 290 g/mol. The van der Waals surface area contributed by atoms with Gasteiger partial charge in [-0.05, 0) is 52.3 Å². The lowest BCUT2D eigenvalue weighted by molar-refractivity contribution is 0.116. The molecule has 2 aliphatic rings. The Kier molecular flexibility index (Phi) is 4.40. The van der Waals surface area contributed by atoms with Gasteiger partial charge in [0.05, 0.1) is 6.10 Å². The van der Waals surface area contributed by atoms with E-state index < -0.39 is 0 Å². The van der Waals surface area contributed by atoms with Gasteiger partial charge in [0.1, 0.15) is 0 Å². The topological polar surface area (TPSA) is 41.5 Å². The molecule has 0 unspecified atom stereocenters. The van der Waals surface area contributed by atoms with Crippen LogP contribution in [0.25, 0.3) is 0 Å². The second-order valence-corrected chi connectivity index (χ2v) is 6.36. The molecule has 0 saturated carbocycles. The Hall–Kier alpha value is -1.20. The SMILES string of the molecule is CO[C@H]1C[C@@H](CN2CCCC2)N(c2nc(C)cc(C)n2)C1. The number of nitrogens with zero attached hydrogens (tertiary/aromatic N) is 4. The fourth-order valence-corrected chi connectivity index (χ4v) is 3.56. The van der Waals surface area contributed by atoms with Crippen LogP contribution < -0.4 is 4.90 Å². The molecule has 2 saturated heterocycles. The molecule has 0 aliphatic carbocycles.